The molecule has 10 heteroatoms. The number of aliphatic hydroxyl groups excluding tert-OH is 5. The van der Waals surface area contributed by atoms with Crippen LogP contribution in [0.4, 0.5) is 0 Å². The van der Waals surface area contributed by atoms with Crippen molar-refractivity contribution in [1.82, 2.24) is 0 Å². The summed E-state index contributed by atoms with van der Waals surface area (Å²) in [7, 11) is 2.86. The van der Waals surface area contributed by atoms with Gasteiger partial charge in [0.1, 0.15) is 54.9 Å². The molecule has 5 N–H and O–H groups in total. The van der Waals surface area contributed by atoms with E-state index in [0.29, 0.717) is 6.42 Å². The molecule has 0 saturated carbocycles. The van der Waals surface area contributed by atoms with Gasteiger partial charge in [0.15, 0.2) is 0 Å². The van der Waals surface area contributed by atoms with Crippen molar-refractivity contribution in [3.05, 3.63) is 0 Å². The summed E-state index contributed by atoms with van der Waals surface area (Å²) >= 11 is 0. The predicted molar refractivity (Wildman–Crippen MR) is 91.1 cm³/mol. The molecule has 2 heterocycles. The molecule has 0 amide bonds. The van der Waals surface area contributed by atoms with E-state index in [1.165, 1.54) is 14.2 Å². The molecule has 10 nitrogen and oxygen atoms in total. The van der Waals surface area contributed by atoms with Crippen molar-refractivity contribution in [2.24, 2.45) is 0 Å². The highest BCUT2D eigenvalue weighted by Crippen LogP contribution is 2.26. The van der Waals surface area contributed by atoms with Gasteiger partial charge < -0.3 is 49.2 Å². The van der Waals surface area contributed by atoms with E-state index in [-0.39, 0.29) is 19.8 Å². The van der Waals surface area contributed by atoms with Crippen molar-refractivity contribution in [3.8, 4) is 0 Å². The first kappa shape index (κ1) is 22.9. The van der Waals surface area contributed by atoms with E-state index < -0.39 is 61.0 Å². The van der Waals surface area contributed by atoms with Gasteiger partial charge in [0.05, 0.1) is 25.9 Å². The van der Waals surface area contributed by atoms with Crippen LogP contribution in [0.1, 0.15) is 13.3 Å². The van der Waals surface area contributed by atoms with Gasteiger partial charge in [0.2, 0.25) is 0 Å². The number of rotatable bonds is 8. The molecule has 2 saturated heterocycles. The molecule has 0 radical (unpaired) electrons. The highest BCUT2D eigenvalue weighted by atomic mass is 16.6. The quantitative estimate of drug-likeness (QED) is 0.296. The SMILES string of the molecule is CC[C@H]1O[C@@H](COC[C@H]2O[C@@H](COC)[C@@H](O)[C@@H](OC)[C@H]2O)[C@@H](O)[C@@H](O)[C@@H]1O. The average Bonchev–Trinajstić information content (AvgIpc) is 2.65. The summed E-state index contributed by atoms with van der Waals surface area (Å²) in [6, 6.07) is 0. The lowest BCUT2D eigenvalue weighted by molar-refractivity contribution is -0.256. The van der Waals surface area contributed by atoms with Crippen molar-refractivity contribution >= 4 is 0 Å². The summed E-state index contributed by atoms with van der Waals surface area (Å²) in [5.74, 6) is 0. The van der Waals surface area contributed by atoms with E-state index in [1.807, 2.05) is 0 Å². The van der Waals surface area contributed by atoms with Crippen LogP contribution in [0.15, 0.2) is 0 Å². The maximum Gasteiger partial charge on any atom is 0.114 e. The van der Waals surface area contributed by atoms with Crippen molar-refractivity contribution < 1.29 is 49.2 Å². The van der Waals surface area contributed by atoms with Crippen molar-refractivity contribution in [2.45, 2.75) is 74.4 Å². The van der Waals surface area contributed by atoms with E-state index in [2.05, 4.69) is 0 Å². The van der Waals surface area contributed by atoms with Gasteiger partial charge in [-0.25, -0.2) is 0 Å². The van der Waals surface area contributed by atoms with Gasteiger partial charge in [-0.1, -0.05) is 6.92 Å². The molecule has 2 fully saturated rings. The van der Waals surface area contributed by atoms with Gasteiger partial charge >= 0.3 is 0 Å². The molecule has 160 valence electrons. The van der Waals surface area contributed by atoms with Crippen molar-refractivity contribution in [2.75, 3.05) is 34.0 Å². The van der Waals surface area contributed by atoms with Crippen LogP contribution in [0.25, 0.3) is 0 Å². The second-order valence-corrected chi connectivity index (χ2v) is 6.98. The first-order valence-corrected chi connectivity index (χ1v) is 9.16. The summed E-state index contributed by atoms with van der Waals surface area (Å²) in [5.41, 5.74) is 0. The predicted octanol–water partition coefficient (Wildman–Crippen LogP) is -2.59. The molecule has 10 atom stereocenters. The molecule has 2 rings (SSSR count). The minimum absolute atomic E-state index is 0.0457. The highest BCUT2D eigenvalue weighted by molar-refractivity contribution is 4.94. The van der Waals surface area contributed by atoms with Crippen LogP contribution in [-0.2, 0) is 23.7 Å². The van der Waals surface area contributed by atoms with Crippen LogP contribution in [0.2, 0.25) is 0 Å². The summed E-state index contributed by atoms with van der Waals surface area (Å²) in [4.78, 5) is 0. The Morgan fingerprint density at radius 1 is 0.667 bits per heavy atom. The second kappa shape index (κ2) is 10.4. The lowest BCUT2D eigenvalue weighted by Gasteiger charge is -2.42. The van der Waals surface area contributed by atoms with E-state index in [4.69, 9.17) is 23.7 Å². The van der Waals surface area contributed by atoms with Crippen molar-refractivity contribution in [1.29, 1.82) is 0 Å². The molecular formula is C17H32O10. The molecule has 27 heavy (non-hydrogen) atoms. The third-order valence-corrected chi connectivity index (χ3v) is 5.17. The largest absolute Gasteiger partial charge is 0.388 e. The molecule has 0 aromatic rings. The van der Waals surface area contributed by atoms with E-state index in [9.17, 15) is 25.5 Å². The standard InChI is InChI=1S/C17H32O10/c1-4-8-12(18)16(22)13(19)10(26-8)6-25-7-11-15(21)17(24-3)14(20)9(27-11)5-23-2/h8-22H,4-7H2,1-3H3/t8-,9+,10+,11-,12-,13-,14-,15+,16+,17-/m1/s1. The summed E-state index contributed by atoms with van der Waals surface area (Å²) in [6.07, 6.45) is -9.24. The Hall–Kier alpha value is -0.400. The first-order valence-electron chi connectivity index (χ1n) is 9.16. The molecule has 0 unspecified atom stereocenters. The van der Waals surface area contributed by atoms with Crippen LogP contribution in [0.5, 0.6) is 0 Å². The first-order chi connectivity index (χ1) is 12.8. The van der Waals surface area contributed by atoms with Crippen LogP contribution in [-0.4, -0.2) is 121 Å². The maximum absolute atomic E-state index is 10.3. The molecule has 2 aliphatic rings. The van der Waals surface area contributed by atoms with E-state index >= 15 is 0 Å². The van der Waals surface area contributed by atoms with Crippen LogP contribution < -0.4 is 0 Å². The molecule has 0 bridgehead atoms. The van der Waals surface area contributed by atoms with Gasteiger partial charge in [-0.05, 0) is 6.42 Å². The monoisotopic (exact) mass is 396 g/mol. The molecule has 0 spiro atoms. The third-order valence-electron chi connectivity index (χ3n) is 5.17. The van der Waals surface area contributed by atoms with Gasteiger partial charge in [0, 0.05) is 14.2 Å². The number of ether oxygens (including phenoxy) is 5. The Bertz CT molecular complexity index is 436. The van der Waals surface area contributed by atoms with E-state index in [1.54, 1.807) is 6.92 Å². The Morgan fingerprint density at radius 2 is 1.15 bits per heavy atom. The lowest BCUT2D eigenvalue weighted by atomic mass is 9.94. The fourth-order valence-corrected chi connectivity index (χ4v) is 3.53. The minimum Gasteiger partial charge on any atom is -0.388 e. The summed E-state index contributed by atoms with van der Waals surface area (Å²) < 4.78 is 27.0. The Kier molecular flexibility index (Phi) is 8.81. The van der Waals surface area contributed by atoms with Gasteiger partial charge in [-0.2, -0.15) is 0 Å². The van der Waals surface area contributed by atoms with Gasteiger partial charge in [-0.15, -0.1) is 0 Å². The normalized spacial score (nSPS) is 45.8. The zero-order valence-electron chi connectivity index (χ0n) is 15.9. The van der Waals surface area contributed by atoms with Gasteiger partial charge in [0.25, 0.3) is 0 Å². The Morgan fingerprint density at radius 3 is 1.67 bits per heavy atom. The summed E-state index contributed by atoms with van der Waals surface area (Å²) in [5, 5.41) is 50.4. The number of hydrogen-bond acceptors (Lipinski definition) is 10. The van der Waals surface area contributed by atoms with Crippen LogP contribution >= 0.6 is 0 Å². The maximum atomic E-state index is 10.3. The van der Waals surface area contributed by atoms with Gasteiger partial charge in [-0.3, -0.25) is 0 Å². The molecule has 2 aliphatic heterocycles. The summed E-state index contributed by atoms with van der Waals surface area (Å²) in [6.45, 7) is 1.81. The van der Waals surface area contributed by atoms with Crippen molar-refractivity contribution in [3.63, 3.8) is 0 Å². The number of hydrogen-bond donors (Lipinski definition) is 5. The molecular weight excluding hydrogens is 364 g/mol. The van der Waals surface area contributed by atoms with Crippen LogP contribution in [0.3, 0.4) is 0 Å². The minimum atomic E-state index is -1.33. The fraction of sp³-hybridized carbons (Fsp3) is 1.00. The zero-order chi connectivity index (χ0) is 20.1. The second-order valence-electron chi connectivity index (χ2n) is 6.98. The highest BCUT2D eigenvalue weighted by Gasteiger charge is 2.46. The topological polar surface area (TPSA) is 147 Å². The van der Waals surface area contributed by atoms with Crippen LogP contribution in [0, 0.1) is 0 Å². The Balaban J connectivity index is 1.91. The third kappa shape index (κ3) is 5.15. The number of methoxy groups -OCH3 is 2. The van der Waals surface area contributed by atoms with E-state index in [0.717, 1.165) is 0 Å². The fourth-order valence-electron chi connectivity index (χ4n) is 3.53. The molecule has 0 aliphatic carbocycles. The smallest absolute Gasteiger partial charge is 0.114 e. The Labute approximate surface area is 158 Å². The molecule has 0 aromatic heterocycles. The number of aliphatic hydroxyl groups is 5. The lowest BCUT2D eigenvalue weighted by Crippen LogP contribution is -2.61. The molecule has 0 aromatic carbocycles. The zero-order valence-corrected chi connectivity index (χ0v) is 15.9. The average molecular weight is 396 g/mol.